The molecule has 0 atom stereocenters. The van der Waals surface area contributed by atoms with Crippen molar-refractivity contribution < 1.29 is 0 Å². The first-order chi connectivity index (χ1) is 13.3. The van der Waals surface area contributed by atoms with Gasteiger partial charge in [-0.05, 0) is 30.8 Å². The van der Waals surface area contributed by atoms with E-state index in [-0.39, 0.29) is 0 Å². The number of para-hydroxylation sites is 2. The van der Waals surface area contributed by atoms with Crippen molar-refractivity contribution in [2.75, 3.05) is 31.1 Å². The fraction of sp³-hybridized carbons (Fsp3) is 0.450. The van der Waals surface area contributed by atoms with Crippen LogP contribution in [-0.2, 0) is 13.2 Å². The van der Waals surface area contributed by atoms with Crippen LogP contribution in [0.1, 0.15) is 19.8 Å². The van der Waals surface area contributed by atoms with Crippen LogP contribution in [0.25, 0.3) is 11.0 Å². The Kier molecular flexibility index (Phi) is 5.50. The molecule has 0 bridgehead atoms. The molecule has 1 fully saturated rings. The van der Waals surface area contributed by atoms with E-state index in [4.69, 9.17) is 12.2 Å². The topological polar surface area (TPSA) is 42.1 Å². The molecule has 0 amide bonds. The number of hydrogen-bond donors (Lipinski definition) is 0. The molecule has 0 saturated carbocycles. The van der Waals surface area contributed by atoms with Gasteiger partial charge in [-0.1, -0.05) is 25.5 Å². The minimum Gasteiger partial charge on any atom is -0.353 e. The lowest BCUT2D eigenvalue weighted by Gasteiger charge is -2.35. The average molecular weight is 383 g/mol. The monoisotopic (exact) mass is 382 g/mol. The van der Waals surface area contributed by atoms with Crippen LogP contribution < -0.4 is 4.90 Å². The van der Waals surface area contributed by atoms with E-state index < -0.39 is 0 Å². The van der Waals surface area contributed by atoms with E-state index in [0.717, 1.165) is 56.4 Å². The highest BCUT2D eigenvalue weighted by molar-refractivity contribution is 7.71. The number of aromatic nitrogens is 4. The Morgan fingerprint density at radius 3 is 2.41 bits per heavy atom. The summed E-state index contributed by atoms with van der Waals surface area (Å²) in [7, 11) is 0. The Morgan fingerprint density at radius 1 is 1.00 bits per heavy atom. The number of piperazine rings is 1. The predicted octanol–water partition coefficient (Wildman–Crippen LogP) is 3.54. The maximum atomic E-state index is 5.85. The zero-order valence-electron chi connectivity index (χ0n) is 15.8. The maximum absolute atomic E-state index is 5.85. The van der Waals surface area contributed by atoms with E-state index in [2.05, 4.69) is 60.1 Å². The van der Waals surface area contributed by atoms with Gasteiger partial charge < -0.3 is 14.0 Å². The van der Waals surface area contributed by atoms with E-state index >= 15 is 0 Å². The molecule has 0 spiro atoms. The summed E-state index contributed by atoms with van der Waals surface area (Å²) in [5.74, 6) is 0.963. The Labute approximate surface area is 165 Å². The third-order valence-corrected chi connectivity index (χ3v) is 5.69. The van der Waals surface area contributed by atoms with Gasteiger partial charge in [0.2, 0.25) is 0 Å². The maximum Gasteiger partial charge on any atom is 0.181 e. The molecular weight excluding hydrogens is 356 g/mol. The molecule has 1 saturated heterocycles. The van der Waals surface area contributed by atoms with Crippen molar-refractivity contribution >= 4 is 29.1 Å². The Balaban J connectivity index is 1.51. The van der Waals surface area contributed by atoms with Crippen LogP contribution in [0.3, 0.4) is 0 Å². The molecule has 0 radical (unpaired) electrons. The molecule has 7 heteroatoms. The highest BCUT2D eigenvalue weighted by Gasteiger charge is 2.20. The van der Waals surface area contributed by atoms with Crippen LogP contribution in [0.5, 0.6) is 0 Å². The van der Waals surface area contributed by atoms with Gasteiger partial charge in [0.05, 0.1) is 23.9 Å². The van der Waals surface area contributed by atoms with Gasteiger partial charge in [-0.3, -0.25) is 9.88 Å². The molecular formula is C20H26N6S. The number of benzene rings is 1. The lowest BCUT2D eigenvalue weighted by atomic mass is 10.3. The minimum atomic E-state index is 0.840. The highest BCUT2D eigenvalue weighted by Crippen LogP contribution is 2.20. The number of imidazole rings is 1. The normalized spacial score (nSPS) is 15.5. The lowest BCUT2D eigenvalue weighted by molar-refractivity contribution is 0.206. The van der Waals surface area contributed by atoms with Gasteiger partial charge >= 0.3 is 0 Å². The molecule has 0 N–H and O–H groups in total. The van der Waals surface area contributed by atoms with Crippen LogP contribution >= 0.6 is 12.2 Å². The van der Waals surface area contributed by atoms with Crippen molar-refractivity contribution in [1.29, 1.82) is 0 Å². The Hall–Kier alpha value is -2.25. The first-order valence-corrected chi connectivity index (χ1v) is 10.1. The van der Waals surface area contributed by atoms with E-state index in [0.29, 0.717) is 0 Å². The predicted molar refractivity (Wildman–Crippen MR) is 111 cm³/mol. The second-order valence-corrected chi connectivity index (χ2v) is 7.38. The van der Waals surface area contributed by atoms with Gasteiger partial charge in [-0.25, -0.2) is 4.98 Å². The van der Waals surface area contributed by atoms with Gasteiger partial charge in [-0.2, -0.15) is 0 Å². The molecule has 3 heterocycles. The Morgan fingerprint density at radius 2 is 1.74 bits per heavy atom. The second-order valence-electron chi connectivity index (χ2n) is 7.01. The summed E-state index contributed by atoms with van der Waals surface area (Å²) in [6.45, 7) is 7.95. The lowest BCUT2D eigenvalue weighted by Crippen LogP contribution is -2.47. The summed E-state index contributed by atoms with van der Waals surface area (Å²) in [4.78, 5) is 13.4. The summed E-state index contributed by atoms with van der Waals surface area (Å²) in [5, 5.41) is 0. The molecule has 142 valence electrons. The Bertz CT molecular complexity index is 940. The number of rotatable bonds is 6. The number of nitrogens with zero attached hydrogens (tertiary/aromatic N) is 6. The van der Waals surface area contributed by atoms with Gasteiger partial charge in [0, 0.05) is 45.1 Å². The van der Waals surface area contributed by atoms with Gasteiger partial charge in [0.15, 0.2) is 4.77 Å². The molecule has 1 aromatic carbocycles. The molecule has 4 rings (SSSR count). The minimum absolute atomic E-state index is 0.840. The van der Waals surface area contributed by atoms with Crippen LogP contribution in [0.4, 0.5) is 5.82 Å². The first-order valence-electron chi connectivity index (χ1n) is 9.69. The summed E-state index contributed by atoms with van der Waals surface area (Å²) in [5.41, 5.74) is 2.48. The fourth-order valence-corrected chi connectivity index (χ4v) is 4.06. The number of anilines is 1. The molecule has 27 heavy (non-hydrogen) atoms. The quantitative estimate of drug-likeness (QED) is 0.610. The number of aryl methyl sites for hydroxylation is 1. The second kappa shape index (κ2) is 8.19. The molecule has 0 unspecified atom stereocenters. The van der Waals surface area contributed by atoms with E-state index in [1.165, 1.54) is 17.5 Å². The summed E-state index contributed by atoms with van der Waals surface area (Å²) >= 11 is 5.85. The van der Waals surface area contributed by atoms with Crippen LogP contribution in [0.2, 0.25) is 0 Å². The standard InChI is InChI=1S/C20H26N6S/c1-2-3-10-25-17-6-4-5-7-18(17)26(20(25)27)16-23-11-13-24(14-12-23)19-15-21-8-9-22-19/h4-9,15H,2-3,10-14,16H2,1H3. The number of fused-ring (bicyclic) bond motifs is 1. The van der Waals surface area contributed by atoms with Crippen molar-refractivity contribution in [3.63, 3.8) is 0 Å². The summed E-state index contributed by atoms with van der Waals surface area (Å²) in [6.07, 6.45) is 7.64. The van der Waals surface area contributed by atoms with E-state index in [9.17, 15) is 0 Å². The SMILES string of the molecule is CCCCn1c(=S)n(CN2CCN(c3cnccn3)CC2)c2ccccc21. The number of unbranched alkanes of at least 4 members (excludes halogenated alkanes) is 1. The molecule has 1 aliphatic heterocycles. The first kappa shape index (κ1) is 18.1. The molecule has 0 aliphatic carbocycles. The highest BCUT2D eigenvalue weighted by atomic mass is 32.1. The van der Waals surface area contributed by atoms with E-state index in [1.54, 1.807) is 12.4 Å². The zero-order valence-corrected chi connectivity index (χ0v) is 16.6. The molecule has 2 aromatic heterocycles. The van der Waals surface area contributed by atoms with Gasteiger partial charge in [-0.15, -0.1) is 0 Å². The van der Waals surface area contributed by atoms with Crippen LogP contribution in [-0.4, -0.2) is 50.2 Å². The molecule has 6 nitrogen and oxygen atoms in total. The molecule has 3 aromatic rings. The average Bonchev–Trinajstić information content (AvgIpc) is 2.99. The molecule has 1 aliphatic rings. The van der Waals surface area contributed by atoms with Crippen molar-refractivity contribution in [2.45, 2.75) is 33.0 Å². The zero-order chi connectivity index (χ0) is 18.6. The fourth-order valence-electron chi connectivity index (χ4n) is 3.71. The largest absolute Gasteiger partial charge is 0.353 e. The third-order valence-electron chi connectivity index (χ3n) is 5.25. The smallest absolute Gasteiger partial charge is 0.181 e. The van der Waals surface area contributed by atoms with Gasteiger partial charge in [0.25, 0.3) is 0 Å². The van der Waals surface area contributed by atoms with Crippen LogP contribution in [0, 0.1) is 4.77 Å². The third kappa shape index (κ3) is 3.75. The van der Waals surface area contributed by atoms with Crippen molar-refractivity contribution in [3.8, 4) is 0 Å². The van der Waals surface area contributed by atoms with Crippen molar-refractivity contribution in [3.05, 3.63) is 47.6 Å². The van der Waals surface area contributed by atoms with Crippen molar-refractivity contribution in [1.82, 2.24) is 24.0 Å². The summed E-state index contributed by atoms with van der Waals surface area (Å²) < 4.78 is 5.52. The van der Waals surface area contributed by atoms with Crippen molar-refractivity contribution in [2.24, 2.45) is 0 Å². The van der Waals surface area contributed by atoms with Crippen LogP contribution in [0.15, 0.2) is 42.9 Å². The van der Waals surface area contributed by atoms with Gasteiger partial charge in [0.1, 0.15) is 5.82 Å². The van der Waals surface area contributed by atoms with E-state index in [1.807, 2.05) is 6.20 Å². The summed E-state index contributed by atoms with van der Waals surface area (Å²) in [6, 6.07) is 8.57. The number of hydrogen-bond acceptors (Lipinski definition) is 5.